The van der Waals surface area contributed by atoms with Gasteiger partial charge in [-0.05, 0) is 47.1 Å². The topological polar surface area (TPSA) is 83.8 Å². The van der Waals surface area contributed by atoms with Gasteiger partial charge < -0.3 is 9.84 Å². The first-order chi connectivity index (χ1) is 15.6. The highest BCUT2D eigenvalue weighted by molar-refractivity contribution is 9.10. The van der Waals surface area contributed by atoms with Gasteiger partial charge >= 0.3 is 0 Å². The fourth-order valence-corrected chi connectivity index (χ4v) is 3.70. The van der Waals surface area contributed by atoms with Crippen molar-refractivity contribution in [3.8, 4) is 22.8 Å². The number of fused-ring (bicyclic) bond motifs is 1. The Morgan fingerprint density at radius 2 is 1.88 bits per heavy atom. The largest absolute Gasteiger partial charge is 0.504 e. The normalized spacial score (nSPS) is 11.1. The van der Waals surface area contributed by atoms with E-state index in [-0.39, 0.29) is 11.7 Å². The van der Waals surface area contributed by atoms with Crippen molar-refractivity contribution in [3.63, 3.8) is 0 Å². The van der Waals surface area contributed by atoms with Gasteiger partial charge in [0.2, 0.25) is 0 Å². The fourth-order valence-electron chi connectivity index (χ4n) is 3.27. The van der Waals surface area contributed by atoms with Gasteiger partial charge in [0.05, 0.1) is 29.6 Å². The summed E-state index contributed by atoms with van der Waals surface area (Å²) in [4.78, 5) is 17.7. The summed E-state index contributed by atoms with van der Waals surface area (Å²) in [6.07, 6.45) is 1.49. The van der Waals surface area contributed by atoms with Crippen molar-refractivity contribution in [2.75, 3.05) is 6.61 Å². The number of pyridine rings is 1. The van der Waals surface area contributed by atoms with Gasteiger partial charge in [-0.15, -0.1) is 0 Å². The number of halogens is 1. The van der Waals surface area contributed by atoms with Crippen molar-refractivity contribution in [2.45, 2.75) is 6.92 Å². The minimum absolute atomic E-state index is 0.0246. The van der Waals surface area contributed by atoms with Crippen LogP contribution in [0.5, 0.6) is 11.5 Å². The molecule has 6 nitrogen and oxygen atoms in total. The molecule has 0 spiro atoms. The third-order valence-corrected chi connectivity index (χ3v) is 5.46. The number of aromatic hydroxyl groups is 1. The number of rotatable bonds is 6. The average Bonchev–Trinajstić information content (AvgIpc) is 2.81. The summed E-state index contributed by atoms with van der Waals surface area (Å²) in [6.45, 7) is 2.25. The van der Waals surface area contributed by atoms with Crippen LogP contribution in [0.4, 0.5) is 0 Å². The maximum Gasteiger partial charge on any atom is 0.272 e. The van der Waals surface area contributed by atoms with Gasteiger partial charge in [-0.25, -0.2) is 10.4 Å². The first kappa shape index (κ1) is 21.5. The molecule has 0 bridgehead atoms. The number of ether oxygens (including phenoxy) is 1. The maximum absolute atomic E-state index is 13.0. The van der Waals surface area contributed by atoms with E-state index in [4.69, 9.17) is 9.72 Å². The molecule has 2 N–H and O–H groups in total. The number of aromatic nitrogens is 1. The number of amides is 1. The molecule has 0 atom stereocenters. The minimum atomic E-state index is -0.350. The van der Waals surface area contributed by atoms with Gasteiger partial charge in [-0.1, -0.05) is 48.5 Å². The Balaban J connectivity index is 1.64. The van der Waals surface area contributed by atoms with E-state index >= 15 is 0 Å². The van der Waals surface area contributed by atoms with E-state index in [1.807, 2.05) is 61.5 Å². The van der Waals surface area contributed by atoms with Crippen LogP contribution in [-0.4, -0.2) is 28.8 Å². The molecule has 0 unspecified atom stereocenters. The van der Waals surface area contributed by atoms with Crippen molar-refractivity contribution >= 4 is 39.0 Å². The Hall–Kier alpha value is -3.71. The molecule has 4 rings (SSSR count). The Labute approximate surface area is 193 Å². The molecule has 0 aliphatic carbocycles. The highest BCUT2D eigenvalue weighted by Crippen LogP contribution is 2.32. The molecule has 1 aromatic heterocycles. The first-order valence-corrected chi connectivity index (χ1v) is 10.8. The van der Waals surface area contributed by atoms with E-state index in [1.54, 1.807) is 12.1 Å². The second kappa shape index (κ2) is 9.62. The number of para-hydroxylation sites is 1. The summed E-state index contributed by atoms with van der Waals surface area (Å²) in [7, 11) is 0. The smallest absolute Gasteiger partial charge is 0.272 e. The second-order valence-corrected chi connectivity index (χ2v) is 7.77. The van der Waals surface area contributed by atoms with E-state index in [2.05, 4.69) is 26.5 Å². The van der Waals surface area contributed by atoms with E-state index in [0.717, 1.165) is 16.5 Å². The summed E-state index contributed by atoms with van der Waals surface area (Å²) in [5.74, 6) is 0.0182. The van der Waals surface area contributed by atoms with Crippen LogP contribution >= 0.6 is 15.9 Å². The number of hydrogen-bond acceptors (Lipinski definition) is 5. The quantitative estimate of drug-likeness (QED) is 0.275. The number of hydrazone groups is 1. The molecule has 0 saturated carbocycles. The standard InChI is InChI=1S/C25H20BrN3O3/c1-2-32-24-12-17(20(26)14-23(24)30)15-27-29-25(31)19-13-22(16-8-4-3-5-9-16)28-21-11-7-6-10-18(19)21/h3-15,30H,2H2,1H3,(H,29,31)/b27-15+. The minimum Gasteiger partial charge on any atom is -0.504 e. The molecular formula is C25H20BrN3O3. The van der Waals surface area contributed by atoms with Crippen molar-refractivity contribution in [1.29, 1.82) is 0 Å². The number of benzene rings is 3. The van der Waals surface area contributed by atoms with Gasteiger partial charge in [0, 0.05) is 21.0 Å². The van der Waals surface area contributed by atoms with Crippen molar-refractivity contribution < 1.29 is 14.6 Å². The molecule has 0 aliphatic heterocycles. The van der Waals surface area contributed by atoms with Crippen LogP contribution in [0.2, 0.25) is 0 Å². The molecule has 0 radical (unpaired) electrons. The lowest BCUT2D eigenvalue weighted by Gasteiger charge is -2.09. The summed E-state index contributed by atoms with van der Waals surface area (Å²) in [6, 6.07) is 22.2. The van der Waals surface area contributed by atoms with Crippen LogP contribution in [0.1, 0.15) is 22.8 Å². The third kappa shape index (κ3) is 4.63. The lowest BCUT2D eigenvalue weighted by Crippen LogP contribution is -2.18. The molecule has 160 valence electrons. The molecule has 0 fully saturated rings. The number of hydrogen-bond donors (Lipinski definition) is 2. The summed E-state index contributed by atoms with van der Waals surface area (Å²) in [5.41, 5.74) is 6.08. The van der Waals surface area contributed by atoms with Gasteiger partial charge in [0.25, 0.3) is 5.91 Å². The van der Waals surface area contributed by atoms with Crippen LogP contribution in [0.15, 0.2) is 82.4 Å². The van der Waals surface area contributed by atoms with Crippen LogP contribution in [-0.2, 0) is 0 Å². The highest BCUT2D eigenvalue weighted by Gasteiger charge is 2.14. The fraction of sp³-hybridized carbons (Fsp3) is 0.0800. The monoisotopic (exact) mass is 489 g/mol. The number of phenolic OH excluding ortho intramolecular Hbond substituents is 1. The Bertz CT molecular complexity index is 1310. The lowest BCUT2D eigenvalue weighted by atomic mass is 10.0. The van der Waals surface area contributed by atoms with Crippen LogP contribution in [0.3, 0.4) is 0 Å². The maximum atomic E-state index is 13.0. The van der Waals surface area contributed by atoms with E-state index < -0.39 is 0 Å². The number of carbonyl (C=O) groups excluding carboxylic acids is 1. The molecule has 7 heteroatoms. The molecular weight excluding hydrogens is 470 g/mol. The summed E-state index contributed by atoms with van der Waals surface area (Å²) < 4.78 is 6.03. The average molecular weight is 490 g/mol. The van der Waals surface area contributed by atoms with Crippen molar-refractivity contribution in [3.05, 3.63) is 88.4 Å². The highest BCUT2D eigenvalue weighted by atomic mass is 79.9. The summed E-state index contributed by atoms with van der Waals surface area (Å²) >= 11 is 3.38. The number of phenols is 1. The number of carbonyl (C=O) groups is 1. The Kier molecular flexibility index (Phi) is 6.47. The van der Waals surface area contributed by atoms with E-state index in [9.17, 15) is 9.90 Å². The first-order valence-electron chi connectivity index (χ1n) is 10.0. The molecule has 1 heterocycles. The zero-order valence-corrected chi connectivity index (χ0v) is 18.8. The van der Waals surface area contributed by atoms with Crippen LogP contribution < -0.4 is 10.2 Å². The van der Waals surface area contributed by atoms with Gasteiger partial charge in [0.15, 0.2) is 11.5 Å². The molecule has 0 aliphatic rings. The molecule has 3 aromatic carbocycles. The Morgan fingerprint density at radius 3 is 2.66 bits per heavy atom. The molecule has 0 saturated heterocycles. The van der Waals surface area contributed by atoms with E-state index in [1.165, 1.54) is 12.3 Å². The van der Waals surface area contributed by atoms with Crippen LogP contribution in [0, 0.1) is 0 Å². The third-order valence-electron chi connectivity index (χ3n) is 4.78. The van der Waals surface area contributed by atoms with Gasteiger partial charge in [-0.3, -0.25) is 4.79 Å². The Morgan fingerprint density at radius 1 is 1.12 bits per heavy atom. The zero-order chi connectivity index (χ0) is 22.5. The second-order valence-electron chi connectivity index (χ2n) is 6.91. The summed E-state index contributed by atoms with van der Waals surface area (Å²) in [5, 5.41) is 14.8. The van der Waals surface area contributed by atoms with Crippen LogP contribution in [0.25, 0.3) is 22.2 Å². The molecule has 4 aromatic rings. The van der Waals surface area contributed by atoms with Crippen molar-refractivity contribution in [2.24, 2.45) is 5.10 Å². The van der Waals surface area contributed by atoms with E-state index in [0.29, 0.717) is 33.6 Å². The molecule has 32 heavy (non-hydrogen) atoms. The lowest BCUT2D eigenvalue weighted by molar-refractivity contribution is 0.0956. The predicted octanol–water partition coefficient (Wildman–Crippen LogP) is 5.53. The van der Waals surface area contributed by atoms with Gasteiger partial charge in [0.1, 0.15) is 0 Å². The molecule has 1 amide bonds. The number of nitrogens with zero attached hydrogens (tertiary/aromatic N) is 2. The number of nitrogens with one attached hydrogen (secondary N) is 1. The predicted molar refractivity (Wildman–Crippen MR) is 129 cm³/mol. The zero-order valence-electron chi connectivity index (χ0n) is 17.2. The SMILES string of the molecule is CCOc1cc(/C=N/NC(=O)c2cc(-c3ccccc3)nc3ccccc23)c(Br)cc1O. The van der Waals surface area contributed by atoms with Gasteiger partial charge in [-0.2, -0.15) is 5.10 Å². The van der Waals surface area contributed by atoms with Crippen molar-refractivity contribution in [1.82, 2.24) is 10.4 Å².